The highest BCUT2D eigenvalue weighted by atomic mass is 16.6. The molecule has 0 aliphatic carbocycles. The molecular formula is C20H18N2O5. The monoisotopic (exact) mass is 366 g/mol. The van der Waals surface area contributed by atoms with E-state index in [0.717, 1.165) is 6.08 Å². The summed E-state index contributed by atoms with van der Waals surface area (Å²) in [5.41, 5.74) is 1.07. The second kappa shape index (κ2) is 9.67. The van der Waals surface area contributed by atoms with Gasteiger partial charge < -0.3 is 9.64 Å². The van der Waals surface area contributed by atoms with E-state index in [1.165, 1.54) is 29.2 Å². The van der Waals surface area contributed by atoms with Crippen molar-refractivity contribution in [2.24, 2.45) is 0 Å². The van der Waals surface area contributed by atoms with Crippen molar-refractivity contribution in [1.82, 2.24) is 0 Å². The molecule has 0 saturated heterocycles. The fourth-order valence-electron chi connectivity index (χ4n) is 2.25. The number of ether oxygens (including phenoxy) is 1. The van der Waals surface area contributed by atoms with E-state index in [2.05, 4.69) is 6.58 Å². The smallest absolute Gasteiger partial charge is 0.331 e. The summed E-state index contributed by atoms with van der Waals surface area (Å²) < 4.78 is 4.97. The Labute approximate surface area is 156 Å². The van der Waals surface area contributed by atoms with Crippen LogP contribution in [0.15, 0.2) is 73.3 Å². The summed E-state index contributed by atoms with van der Waals surface area (Å²) in [6, 6.07) is 14.8. The quantitative estimate of drug-likeness (QED) is 0.235. The van der Waals surface area contributed by atoms with Gasteiger partial charge in [-0.3, -0.25) is 14.9 Å². The molecule has 0 aromatic heterocycles. The zero-order chi connectivity index (χ0) is 19.6. The van der Waals surface area contributed by atoms with Gasteiger partial charge in [-0.1, -0.05) is 36.4 Å². The van der Waals surface area contributed by atoms with Gasteiger partial charge in [-0.15, -0.1) is 6.58 Å². The third-order valence-corrected chi connectivity index (χ3v) is 3.51. The van der Waals surface area contributed by atoms with Crippen LogP contribution in [-0.2, 0) is 14.3 Å². The van der Waals surface area contributed by atoms with Gasteiger partial charge in [0.15, 0.2) is 6.61 Å². The minimum atomic E-state index is -0.721. The molecule has 1 amide bonds. The molecular weight excluding hydrogens is 348 g/mol. The van der Waals surface area contributed by atoms with E-state index in [1.807, 2.05) is 6.07 Å². The van der Waals surface area contributed by atoms with E-state index in [9.17, 15) is 19.7 Å². The molecule has 138 valence electrons. The molecule has 2 rings (SSSR count). The topological polar surface area (TPSA) is 89.8 Å². The van der Waals surface area contributed by atoms with Crippen molar-refractivity contribution in [2.45, 2.75) is 0 Å². The number of nitro groups is 1. The van der Waals surface area contributed by atoms with Crippen LogP contribution in [0.3, 0.4) is 0 Å². The molecule has 27 heavy (non-hydrogen) atoms. The van der Waals surface area contributed by atoms with Crippen LogP contribution in [-0.4, -0.2) is 30.0 Å². The number of hydrogen-bond acceptors (Lipinski definition) is 5. The molecule has 0 fully saturated rings. The first-order valence-corrected chi connectivity index (χ1v) is 8.07. The average molecular weight is 366 g/mol. The largest absolute Gasteiger partial charge is 0.452 e. The average Bonchev–Trinajstić information content (AvgIpc) is 2.69. The number of carbonyl (C=O) groups excluding carboxylic acids is 2. The first kappa shape index (κ1) is 19.6. The van der Waals surface area contributed by atoms with Crippen LogP contribution in [0.5, 0.6) is 0 Å². The van der Waals surface area contributed by atoms with Crippen molar-refractivity contribution in [3.63, 3.8) is 0 Å². The third kappa shape index (κ3) is 5.93. The Morgan fingerprint density at radius 2 is 1.89 bits per heavy atom. The molecule has 7 heteroatoms. The normalized spacial score (nSPS) is 10.4. The lowest BCUT2D eigenvalue weighted by molar-refractivity contribution is -0.384. The molecule has 0 heterocycles. The molecule has 0 unspecified atom stereocenters. The summed E-state index contributed by atoms with van der Waals surface area (Å²) >= 11 is 0. The number of non-ortho nitro benzene ring substituents is 1. The maximum absolute atomic E-state index is 12.3. The highest BCUT2D eigenvalue weighted by Crippen LogP contribution is 2.15. The van der Waals surface area contributed by atoms with E-state index in [0.29, 0.717) is 11.3 Å². The van der Waals surface area contributed by atoms with Crippen molar-refractivity contribution in [2.75, 3.05) is 18.1 Å². The molecule has 0 radical (unpaired) electrons. The van der Waals surface area contributed by atoms with Gasteiger partial charge >= 0.3 is 5.97 Å². The fraction of sp³-hybridized carbons (Fsp3) is 0.100. The Bertz CT molecular complexity index is 862. The number of hydrogen-bond donors (Lipinski definition) is 0. The highest BCUT2D eigenvalue weighted by molar-refractivity contribution is 5.96. The Morgan fingerprint density at radius 1 is 1.15 bits per heavy atom. The van der Waals surface area contributed by atoms with Crippen molar-refractivity contribution in [3.8, 4) is 0 Å². The summed E-state index contributed by atoms with van der Waals surface area (Å²) in [7, 11) is 0. The number of rotatable bonds is 8. The third-order valence-electron chi connectivity index (χ3n) is 3.51. The van der Waals surface area contributed by atoms with Gasteiger partial charge in [0, 0.05) is 30.4 Å². The number of nitro benzene ring substituents is 1. The van der Waals surface area contributed by atoms with E-state index in [-0.39, 0.29) is 12.2 Å². The Balaban J connectivity index is 1.95. The van der Waals surface area contributed by atoms with Crippen LogP contribution in [0.2, 0.25) is 0 Å². The maximum atomic E-state index is 12.3. The van der Waals surface area contributed by atoms with Gasteiger partial charge in [0.2, 0.25) is 0 Å². The SMILES string of the molecule is C=CCN(C(=O)COC(=O)/C=C/c1cccc([N+](=O)[O-])c1)c1ccccc1. The minimum absolute atomic E-state index is 0.0800. The standard InChI is InChI=1S/C20H18N2O5/c1-2-13-21(17-8-4-3-5-9-17)19(23)15-27-20(24)12-11-16-7-6-10-18(14-16)22(25)26/h2-12,14H,1,13,15H2/b12-11+. The molecule has 2 aromatic rings. The van der Waals surface area contributed by atoms with E-state index < -0.39 is 23.4 Å². The first-order valence-electron chi connectivity index (χ1n) is 8.07. The summed E-state index contributed by atoms with van der Waals surface area (Å²) in [6.45, 7) is 3.48. The molecule has 0 aliphatic rings. The molecule has 2 aromatic carbocycles. The van der Waals surface area contributed by atoms with Crippen LogP contribution < -0.4 is 4.90 Å². The number of esters is 1. The molecule has 0 saturated carbocycles. The van der Waals surface area contributed by atoms with Gasteiger partial charge in [0.05, 0.1) is 4.92 Å². The fourth-order valence-corrected chi connectivity index (χ4v) is 2.25. The summed E-state index contributed by atoms with van der Waals surface area (Å²) in [5, 5.41) is 10.7. The van der Waals surface area contributed by atoms with Crippen molar-refractivity contribution in [1.29, 1.82) is 0 Å². The van der Waals surface area contributed by atoms with Gasteiger partial charge in [-0.25, -0.2) is 4.79 Å². The van der Waals surface area contributed by atoms with E-state index in [1.54, 1.807) is 36.4 Å². The molecule has 0 N–H and O–H groups in total. The molecule has 0 spiro atoms. The zero-order valence-corrected chi connectivity index (χ0v) is 14.5. The van der Waals surface area contributed by atoms with Crippen LogP contribution in [0, 0.1) is 10.1 Å². The number of anilines is 1. The van der Waals surface area contributed by atoms with Crippen LogP contribution in [0.4, 0.5) is 11.4 Å². The molecule has 0 bridgehead atoms. The number of nitrogens with zero attached hydrogens (tertiary/aromatic N) is 2. The number of amides is 1. The number of para-hydroxylation sites is 1. The lowest BCUT2D eigenvalue weighted by Gasteiger charge is -2.20. The first-order chi connectivity index (χ1) is 13.0. The second-order valence-electron chi connectivity index (χ2n) is 5.42. The van der Waals surface area contributed by atoms with Crippen molar-refractivity contribution < 1.29 is 19.2 Å². The lowest BCUT2D eigenvalue weighted by Crippen LogP contribution is -2.34. The van der Waals surface area contributed by atoms with Crippen LogP contribution in [0.1, 0.15) is 5.56 Å². The zero-order valence-electron chi connectivity index (χ0n) is 14.5. The molecule has 7 nitrogen and oxygen atoms in total. The second-order valence-corrected chi connectivity index (χ2v) is 5.42. The highest BCUT2D eigenvalue weighted by Gasteiger charge is 2.15. The van der Waals surface area contributed by atoms with Crippen LogP contribution in [0.25, 0.3) is 6.08 Å². The lowest BCUT2D eigenvalue weighted by atomic mass is 10.2. The van der Waals surface area contributed by atoms with Crippen LogP contribution >= 0.6 is 0 Å². The summed E-state index contributed by atoms with van der Waals surface area (Å²) in [4.78, 5) is 35.8. The minimum Gasteiger partial charge on any atom is -0.452 e. The predicted octanol–water partition coefficient (Wildman–Crippen LogP) is 3.37. The molecule has 0 aliphatic heterocycles. The predicted molar refractivity (Wildman–Crippen MR) is 102 cm³/mol. The van der Waals surface area contributed by atoms with Gasteiger partial charge in [-0.2, -0.15) is 0 Å². The maximum Gasteiger partial charge on any atom is 0.331 e. The van der Waals surface area contributed by atoms with Crippen molar-refractivity contribution >= 4 is 29.3 Å². The van der Waals surface area contributed by atoms with Gasteiger partial charge in [0.1, 0.15) is 0 Å². The number of carbonyl (C=O) groups is 2. The molecule has 0 atom stereocenters. The van der Waals surface area contributed by atoms with E-state index in [4.69, 9.17) is 4.74 Å². The van der Waals surface area contributed by atoms with Crippen molar-refractivity contribution in [3.05, 3.63) is 89.0 Å². The van der Waals surface area contributed by atoms with E-state index >= 15 is 0 Å². The van der Waals surface area contributed by atoms with Gasteiger partial charge in [0.25, 0.3) is 11.6 Å². The Hall–Kier alpha value is -3.74. The Morgan fingerprint density at radius 3 is 2.56 bits per heavy atom. The summed E-state index contributed by atoms with van der Waals surface area (Å²) in [5.74, 6) is -1.11. The van der Waals surface area contributed by atoms with Gasteiger partial charge in [-0.05, 0) is 23.8 Å². The Kier molecular flexibility index (Phi) is 7.01. The number of benzene rings is 2. The summed E-state index contributed by atoms with van der Waals surface area (Å²) in [6.07, 6.45) is 4.08.